The van der Waals surface area contributed by atoms with Gasteiger partial charge in [0.05, 0.1) is 0 Å². The number of rotatable bonds is 6. The van der Waals surface area contributed by atoms with Gasteiger partial charge < -0.3 is 15.4 Å². The second-order valence-corrected chi connectivity index (χ2v) is 5.79. The average molecular weight is 256 g/mol. The molecule has 4 heteroatoms. The van der Waals surface area contributed by atoms with Crippen LogP contribution < -0.4 is 10.6 Å². The van der Waals surface area contributed by atoms with Gasteiger partial charge in [-0.15, -0.1) is 0 Å². The second kappa shape index (κ2) is 7.10. The topological polar surface area (TPSA) is 50.4 Å². The fourth-order valence-corrected chi connectivity index (χ4v) is 2.37. The predicted octanol–water partition coefficient (Wildman–Crippen LogP) is 1.70. The molecule has 106 valence electrons. The molecule has 1 atom stereocenters. The largest absolute Gasteiger partial charge is 0.368 e. The summed E-state index contributed by atoms with van der Waals surface area (Å²) in [6.45, 7) is 8.18. The molecule has 1 fully saturated rings. The van der Waals surface area contributed by atoms with Crippen LogP contribution in [0.3, 0.4) is 0 Å². The smallest absolute Gasteiger partial charge is 0.252 e. The molecule has 0 bridgehead atoms. The third-order valence-electron chi connectivity index (χ3n) is 3.77. The van der Waals surface area contributed by atoms with Crippen molar-refractivity contribution in [1.82, 2.24) is 10.6 Å². The van der Waals surface area contributed by atoms with Crippen LogP contribution in [0.2, 0.25) is 0 Å². The van der Waals surface area contributed by atoms with Crippen molar-refractivity contribution in [2.24, 2.45) is 5.92 Å². The molecular formula is C14H28N2O2. The van der Waals surface area contributed by atoms with E-state index in [0.717, 1.165) is 38.8 Å². The van der Waals surface area contributed by atoms with Gasteiger partial charge in [0.2, 0.25) is 0 Å². The summed E-state index contributed by atoms with van der Waals surface area (Å²) in [5.41, 5.74) is -0.614. The van der Waals surface area contributed by atoms with Crippen molar-refractivity contribution >= 4 is 5.91 Å². The summed E-state index contributed by atoms with van der Waals surface area (Å²) >= 11 is 0. The summed E-state index contributed by atoms with van der Waals surface area (Å²) in [6.07, 6.45) is 3.68. The maximum atomic E-state index is 12.3. The van der Waals surface area contributed by atoms with E-state index >= 15 is 0 Å². The van der Waals surface area contributed by atoms with E-state index in [1.807, 2.05) is 0 Å². The van der Waals surface area contributed by atoms with Gasteiger partial charge in [-0.2, -0.15) is 0 Å². The first-order chi connectivity index (χ1) is 8.50. The van der Waals surface area contributed by atoms with Crippen LogP contribution in [0.1, 0.15) is 46.5 Å². The summed E-state index contributed by atoms with van der Waals surface area (Å²) in [4.78, 5) is 12.3. The number of amides is 1. The van der Waals surface area contributed by atoms with Crippen molar-refractivity contribution in [3.05, 3.63) is 0 Å². The predicted molar refractivity (Wildman–Crippen MR) is 73.5 cm³/mol. The van der Waals surface area contributed by atoms with Crippen molar-refractivity contribution in [1.29, 1.82) is 0 Å². The Balaban J connectivity index is 2.46. The first-order valence-corrected chi connectivity index (χ1v) is 7.07. The van der Waals surface area contributed by atoms with Crippen molar-refractivity contribution in [3.63, 3.8) is 0 Å². The van der Waals surface area contributed by atoms with Crippen LogP contribution in [0.5, 0.6) is 0 Å². The fraction of sp³-hybridized carbons (Fsp3) is 0.929. The van der Waals surface area contributed by atoms with Gasteiger partial charge in [-0.25, -0.2) is 0 Å². The maximum absolute atomic E-state index is 12.3. The van der Waals surface area contributed by atoms with Gasteiger partial charge in [0.25, 0.3) is 5.91 Å². The molecular weight excluding hydrogens is 228 g/mol. The number of ether oxygens (including phenoxy) is 1. The Morgan fingerprint density at radius 1 is 1.28 bits per heavy atom. The van der Waals surface area contributed by atoms with Crippen LogP contribution in [0, 0.1) is 5.92 Å². The Kier molecular flexibility index (Phi) is 6.09. The Labute approximate surface area is 111 Å². The fourth-order valence-electron chi connectivity index (χ4n) is 2.37. The quantitative estimate of drug-likeness (QED) is 0.760. The molecule has 1 amide bonds. The first kappa shape index (κ1) is 15.4. The Hall–Kier alpha value is -0.610. The lowest BCUT2D eigenvalue weighted by Crippen LogP contribution is -2.55. The van der Waals surface area contributed by atoms with Crippen molar-refractivity contribution in [2.45, 2.75) is 58.1 Å². The highest BCUT2D eigenvalue weighted by molar-refractivity contribution is 5.85. The summed E-state index contributed by atoms with van der Waals surface area (Å²) in [7, 11) is 1.64. The molecule has 0 aromatic heterocycles. The Bertz CT molecular complexity index is 261. The third-order valence-corrected chi connectivity index (χ3v) is 3.77. The van der Waals surface area contributed by atoms with Gasteiger partial charge in [0.15, 0.2) is 0 Å². The van der Waals surface area contributed by atoms with Gasteiger partial charge in [0, 0.05) is 13.2 Å². The van der Waals surface area contributed by atoms with Crippen LogP contribution in [0.15, 0.2) is 0 Å². The molecule has 18 heavy (non-hydrogen) atoms. The van der Waals surface area contributed by atoms with E-state index in [-0.39, 0.29) is 11.9 Å². The molecule has 1 saturated heterocycles. The highest BCUT2D eigenvalue weighted by Gasteiger charge is 2.39. The van der Waals surface area contributed by atoms with E-state index in [2.05, 4.69) is 31.4 Å². The minimum absolute atomic E-state index is 0.0581. The summed E-state index contributed by atoms with van der Waals surface area (Å²) in [5, 5.41) is 6.37. The van der Waals surface area contributed by atoms with Crippen molar-refractivity contribution < 1.29 is 9.53 Å². The van der Waals surface area contributed by atoms with E-state index in [4.69, 9.17) is 4.74 Å². The van der Waals surface area contributed by atoms with Crippen LogP contribution in [-0.2, 0) is 9.53 Å². The van der Waals surface area contributed by atoms with E-state index in [1.165, 1.54) is 0 Å². The monoisotopic (exact) mass is 256 g/mol. The number of carbonyl (C=O) groups is 1. The average Bonchev–Trinajstić information content (AvgIpc) is 2.37. The number of piperidine rings is 1. The minimum Gasteiger partial charge on any atom is -0.368 e. The lowest BCUT2D eigenvalue weighted by Gasteiger charge is -2.35. The van der Waals surface area contributed by atoms with Crippen LogP contribution in [-0.4, -0.2) is 37.7 Å². The molecule has 0 spiro atoms. The molecule has 1 aliphatic heterocycles. The Morgan fingerprint density at radius 3 is 2.39 bits per heavy atom. The lowest BCUT2D eigenvalue weighted by molar-refractivity contribution is -0.147. The van der Waals surface area contributed by atoms with E-state index in [1.54, 1.807) is 7.11 Å². The molecule has 4 nitrogen and oxygen atoms in total. The number of methoxy groups -OCH3 is 1. The molecule has 0 saturated carbocycles. The van der Waals surface area contributed by atoms with Crippen molar-refractivity contribution in [2.75, 3.05) is 20.2 Å². The van der Waals surface area contributed by atoms with Crippen LogP contribution in [0.25, 0.3) is 0 Å². The normalized spacial score (nSPS) is 20.7. The van der Waals surface area contributed by atoms with E-state index < -0.39 is 5.60 Å². The number of hydrogen-bond donors (Lipinski definition) is 2. The Morgan fingerprint density at radius 2 is 1.89 bits per heavy atom. The zero-order valence-corrected chi connectivity index (χ0v) is 12.2. The molecule has 0 aliphatic carbocycles. The molecule has 1 aliphatic rings. The molecule has 0 radical (unpaired) electrons. The van der Waals surface area contributed by atoms with Gasteiger partial charge in [-0.1, -0.05) is 13.8 Å². The zero-order valence-electron chi connectivity index (χ0n) is 12.2. The van der Waals surface area contributed by atoms with Crippen molar-refractivity contribution in [3.8, 4) is 0 Å². The summed E-state index contributed by atoms with van der Waals surface area (Å²) < 4.78 is 5.51. The molecule has 1 rings (SSSR count). The standard InChI is InChI=1S/C14H28N2O2/c1-11(2)5-6-12(3)16-13(17)14(18-4)7-9-15-10-8-14/h11-12,15H,5-10H2,1-4H3,(H,16,17). The second-order valence-electron chi connectivity index (χ2n) is 5.79. The number of nitrogens with one attached hydrogen (secondary N) is 2. The van der Waals surface area contributed by atoms with E-state index in [0.29, 0.717) is 5.92 Å². The zero-order chi connectivity index (χ0) is 13.6. The first-order valence-electron chi connectivity index (χ1n) is 7.07. The van der Waals surface area contributed by atoms with Gasteiger partial charge >= 0.3 is 0 Å². The van der Waals surface area contributed by atoms with Gasteiger partial charge in [-0.3, -0.25) is 4.79 Å². The van der Waals surface area contributed by atoms with Crippen LogP contribution >= 0.6 is 0 Å². The molecule has 1 heterocycles. The number of carbonyl (C=O) groups excluding carboxylic acids is 1. The maximum Gasteiger partial charge on any atom is 0.252 e. The molecule has 1 unspecified atom stereocenters. The number of hydrogen-bond acceptors (Lipinski definition) is 3. The van der Waals surface area contributed by atoms with Gasteiger partial charge in [0.1, 0.15) is 5.60 Å². The lowest BCUT2D eigenvalue weighted by atomic mass is 9.90. The highest BCUT2D eigenvalue weighted by Crippen LogP contribution is 2.23. The van der Waals surface area contributed by atoms with Crippen LogP contribution in [0.4, 0.5) is 0 Å². The SMILES string of the molecule is COC1(C(=O)NC(C)CCC(C)C)CCNCC1. The molecule has 0 aromatic rings. The highest BCUT2D eigenvalue weighted by atomic mass is 16.5. The summed E-state index contributed by atoms with van der Waals surface area (Å²) in [5.74, 6) is 0.738. The minimum atomic E-state index is -0.614. The van der Waals surface area contributed by atoms with E-state index in [9.17, 15) is 4.79 Å². The molecule has 0 aromatic carbocycles. The van der Waals surface area contributed by atoms with Gasteiger partial charge in [-0.05, 0) is 51.6 Å². The third kappa shape index (κ3) is 4.25. The summed E-state index contributed by atoms with van der Waals surface area (Å²) in [6, 6.07) is 0.224. The molecule has 2 N–H and O–H groups in total.